The number of hydrogen-bond acceptors (Lipinski definition) is 1. The molecule has 1 nitrogen and oxygen atoms in total. The van der Waals surface area contributed by atoms with Crippen LogP contribution in [0, 0.1) is 17.7 Å². The van der Waals surface area contributed by atoms with Gasteiger partial charge in [0.1, 0.15) is 0 Å². The monoisotopic (exact) mass is 204 g/mol. The van der Waals surface area contributed by atoms with E-state index in [-0.39, 0.29) is 0 Å². The molecule has 0 aromatic heterocycles. The minimum atomic E-state index is -2.87. The van der Waals surface area contributed by atoms with Gasteiger partial charge in [0.05, 0.1) is 0 Å². The van der Waals surface area contributed by atoms with Crippen molar-refractivity contribution in [1.82, 2.24) is 4.90 Å². The summed E-state index contributed by atoms with van der Waals surface area (Å²) < 4.78 is 76.6. The van der Waals surface area contributed by atoms with E-state index in [0.717, 1.165) is 4.90 Å². The number of piperidine rings is 1. The maximum Gasteiger partial charge on any atom is 0.0468 e. The fraction of sp³-hybridized carbons (Fsp3) is 1.00. The summed E-state index contributed by atoms with van der Waals surface area (Å²) >= 11 is 0. The molecule has 0 aromatic rings. The molecular formula is C13H25N. The van der Waals surface area contributed by atoms with Crippen molar-refractivity contribution in [3.05, 3.63) is 0 Å². The Labute approximate surface area is 102 Å². The zero-order valence-electron chi connectivity index (χ0n) is 18.5. The van der Waals surface area contributed by atoms with E-state index in [9.17, 15) is 0 Å². The Bertz CT molecular complexity index is 530. The largest absolute Gasteiger partial charge is 0.295 e. The third-order valence-corrected chi connectivity index (χ3v) is 2.46. The molecule has 1 unspecified atom stereocenters. The molecule has 2 fully saturated rings. The first-order valence-electron chi connectivity index (χ1n) is 9.61. The lowest BCUT2D eigenvalue weighted by Gasteiger charge is -2.41. The highest BCUT2D eigenvalue weighted by atomic mass is 15.2. The van der Waals surface area contributed by atoms with Crippen LogP contribution in [0.3, 0.4) is 0 Å². The Morgan fingerprint density at radius 2 is 2.00 bits per heavy atom. The Hall–Kier alpha value is -0.0400. The van der Waals surface area contributed by atoms with Gasteiger partial charge in [0.15, 0.2) is 0 Å². The first-order chi connectivity index (χ1) is 9.81. The molecule has 1 aliphatic heterocycles. The van der Waals surface area contributed by atoms with Gasteiger partial charge in [-0.25, -0.2) is 0 Å². The van der Waals surface area contributed by atoms with Gasteiger partial charge in [-0.05, 0) is 51.2 Å². The van der Waals surface area contributed by atoms with Crippen LogP contribution in [0.1, 0.15) is 59.7 Å². The predicted octanol–water partition coefficient (Wildman–Crippen LogP) is 3.15. The molecule has 1 heteroatoms. The number of nitrogens with zero attached hydrogens (tertiary/aromatic N) is 1. The molecule has 14 heavy (non-hydrogen) atoms. The second-order valence-corrected chi connectivity index (χ2v) is 5.16. The van der Waals surface area contributed by atoms with Crippen LogP contribution in [-0.4, -0.2) is 23.0 Å². The standard InChI is InChI=1S/C13H25N/c1-9(2)12-7-11-6-10(12)8-14(11)13(3,4)5/h9-12H,6-8H2,1-5H3/t10-,11-,12?/m1/s1/i6D2,7D2,8D2,10D,11D,12D. The van der Waals surface area contributed by atoms with Gasteiger partial charge in [0.2, 0.25) is 0 Å². The average Bonchev–Trinajstić information content (AvgIpc) is 2.45. The van der Waals surface area contributed by atoms with Gasteiger partial charge in [-0.15, -0.1) is 0 Å². The van der Waals surface area contributed by atoms with Gasteiger partial charge in [0, 0.05) is 30.4 Å². The SMILES string of the molecule is [2H]C1([2H])C([2H])(C(C)C)[C@@]2([2H])C([2H])([2H])N(C(C)(C)C)[C@]1([2H])C2([2H])[2H]. The fourth-order valence-electron chi connectivity index (χ4n) is 1.71. The Morgan fingerprint density at radius 1 is 1.36 bits per heavy atom. The van der Waals surface area contributed by atoms with E-state index in [1.54, 1.807) is 20.8 Å². The van der Waals surface area contributed by atoms with Crippen molar-refractivity contribution in [2.24, 2.45) is 17.7 Å². The van der Waals surface area contributed by atoms with Crippen LogP contribution in [0.2, 0.25) is 0 Å². The molecule has 1 saturated heterocycles. The Morgan fingerprint density at radius 3 is 2.50 bits per heavy atom. The van der Waals surface area contributed by atoms with Crippen molar-refractivity contribution in [3.63, 3.8) is 0 Å². The molecule has 2 aliphatic rings. The molecule has 0 N–H and O–H groups in total. The highest BCUT2D eigenvalue weighted by Crippen LogP contribution is 2.47. The van der Waals surface area contributed by atoms with Gasteiger partial charge in [-0.2, -0.15) is 0 Å². The minimum Gasteiger partial charge on any atom is -0.295 e. The summed E-state index contributed by atoms with van der Waals surface area (Å²) in [5.41, 5.74) is -1.09. The van der Waals surface area contributed by atoms with Crippen LogP contribution in [0.15, 0.2) is 0 Å². The highest BCUT2D eigenvalue weighted by Gasteiger charge is 2.48. The summed E-state index contributed by atoms with van der Waals surface area (Å²) in [5, 5.41) is 0. The molecule has 82 valence electrons. The summed E-state index contributed by atoms with van der Waals surface area (Å²) in [5.74, 6) is -5.99. The quantitative estimate of drug-likeness (QED) is 0.634. The molecule has 2 rings (SSSR count). The maximum atomic E-state index is 8.72. The van der Waals surface area contributed by atoms with E-state index in [1.807, 2.05) is 0 Å². The van der Waals surface area contributed by atoms with E-state index in [4.69, 9.17) is 12.3 Å². The van der Waals surface area contributed by atoms with Gasteiger partial charge >= 0.3 is 0 Å². The zero-order valence-corrected chi connectivity index (χ0v) is 9.52. The average molecular weight is 204 g/mol. The van der Waals surface area contributed by atoms with Crippen LogP contribution in [-0.2, 0) is 0 Å². The number of rotatable bonds is 1. The third-order valence-electron chi connectivity index (χ3n) is 2.46. The van der Waals surface area contributed by atoms with Gasteiger partial charge in [-0.1, -0.05) is 13.8 Å². The molecule has 1 heterocycles. The van der Waals surface area contributed by atoms with E-state index >= 15 is 0 Å². The fourth-order valence-corrected chi connectivity index (χ4v) is 1.71. The lowest BCUT2D eigenvalue weighted by molar-refractivity contribution is 0.0669. The second-order valence-electron chi connectivity index (χ2n) is 5.16. The Kier molecular flexibility index (Phi) is 0.942. The van der Waals surface area contributed by atoms with Crippen LogP contribution >= 0.6 is 0 Å². The first-order valence-corrected chi connectivity index (χ1v) is 5.11. The zero-order chi connectivity index (χ0) is 18.7. The molecule has 0 amide bonds. The van der Waals surface area contributed by atoms with Crippen molar-refractivity contribution in [3.8, 4) is 0 Å². The van der Waals surface area contributed by atoms with Crippen molar-refractivity contribution in [2.75, 3.05) is 6.50 Å². The van der Waals surface area contributed by atoms with Crippen LogP contribution in [0.25, 0.3) is 0 Å². The molecule has 0 spiro atoms. The molecule has 2 bridgehead atoms. The summed E-state index contributed by atoms with van der Waals surface area (Å²) in [6.07, 6.45) is -5.61. The van der Waals surface area contributed by atoms with Crippen molar-refractivity contribution in [2.45, 2.75) is 58.9 Å². The van der Waals surface area contributed by atoms with Crippen molar-refractivity contribution in [1.29, 1.82) is 0 Å². The molecule has 0 radical (unpaired) electrons. The van der Waals surface area contributed by atoms with E-state index < -0.39 is 48.5 Å². The van der Waals surface area contributed by atoms with Crippen molar-refractivity contribution < 1.29 is 12.3 Å². The number of likely N-dealkylation sites (tertiary alicyclic amines) is 1. The molecule has 1 saturated carbocycles. The van der Waals surface area contributed by atoms with Gasteiger partial charge < -0.3 is 0 Å². The third kappa shape index (κ3) is 1.60. The maximum absolute atomic E-state index is 8.72. The molecular weight excluding hydrogens is 170 g/mol. The summed E-state index contributed by atoms with van der Waals surface area (Å²) in [6, 6.07) is -2.68. The highest BCUT2D eigenvalue weighted by molar-refractivity contribution is 5.01. The van der Waals surface area contributed by atoms with Crippen LogP contribution in [0.4, 0.5) is 0 Å². The smallest absolute Gasteiger partial charge is 0.0468 e. The van der Waals surface area contributed by atoms with Crippen LogP contribution < -0.4 is 0 Å². The molecule has 1 aliphatic carbocycles. The van der Waals surface area contributed by atoms with E-state index in [1.165, 1.54) is 13.8 Å². The van der Waals surface area contributed by atoms with Gasteiger partial charge in [-0.3, -0.25) is 4.90 Å². The summed E-state index contributed by atoms with van der Waals surface area (Å²) in [6.45, 7) is 5.00. The van der Waals surface area contributed by atoms with E-state index in [0.29, 0.717) is 0 Å². The van der Waals surface area contributed by atoms with E-state index in [2.05, 4.69) is 0 Å². The predicted molar refractivity (Wildman–Crippen MR) is 61.3 cm³/mol. The summed E-state index contributed by atoms with van der Waals surface area (Å²) in [7, 11) is 0. The Balaban J connectivity index is 2.99. The normalized spacial score (nSPS) is 74.6. The number of fused-ring (bicyclic) bond motifs is 2. The first kappa shape index (κ1) is 4.08. The molecule has 3 atom stereocenters. The van der Waals surface area contributed by atoms with Crippen LogP contribution in [0.5, 0.6) is 0 Å². The van der Waals surface area contributed by atoms with Gasteiger partial charge in [0.25, 0.3) is 0 Å². The van der Waals surface area contributed by atoms with Crippen molar-refractivity contribution >= 4 is 0 Å². The lowest BCUT2D eigenvalue weighted by atomic mass is 9.84. The number of hydrogen-bond donors (Lipinski definition) is 0. The lowest BCUT2D eigenvalue weighted by Crippen LogP contribution is -2.48. The minimum absolute atomic E-state index is 0.829. The summed E-state index contributed by atoms with van der Waals surface area (Å²) in [4.78, 5) is 0.829. The topological polar surface area (TPSA) is 3.24 Å². The second kappa shape index (κ2) is 3.23. The molecule has 0 aromatic carbocycles.